The van der Waals surface area contributed by atoms with Gasteiger partial charge in [-0.05, 0) is 38.0 Å². The highest BCUT2D eigenvalue weighted by atomic mass is 16.5. The van der Waals surface area contributed by atoms with E-state index in [2.05, 4.69) is 6.92 Å². The molecule has 0 unspecified atom stereocenters. The number of rotatable bonds is 3. The molecule has 0 spiro atoms. The molecule has 0 aromatic heterocycles. The number of nitrogens with two attached hydrogens (primary N) is 1. The second-order valence-corrected chi connectivity index (χ2v) is 3.62. The van der Waals surface area contributed by atoms with Gasteiger partial charge in [-0.2, -0.15) is 0 Å². The van der Waals surface area contributed by atoms with Crippen LogP contribution in [0.2, 0.25) is 0 Å². The summed E-state index contributed by atoms with van der Waals surface area (Å²) in [6.07, 6.45) is 4.68. The summed E-state index contributed by atoms with van der Waals surface area (Å²) in [5, 5.41) is 0. The number of allylic oxidation sites excluding steroid dienone is 1. The minimum absolute atomic E-state index is 0.439. The van der Waals surface area contributed by atoms with Crippen molar-refractivity contribution in [1.82, 2.24) is 0 Å². The molecule has 0 aliphatic carbocycles. The average Bonchev–Trinajstić information content (AvgIpc) is 2.26. The predicted molar refractivity (Wildman–Crippen MR) is 59.5 cm³/mol. The van der Waals surface area contributed by atoms with E-state index in [1.807, 2.05) is 6.92 Å². The molecule has 0 radical (unpaired) electrons. The van der Waals surface area contributed by atoms with Gasteiger partial charge in [-0.15, -0.1) is 0 Å². The topological polar surface area (TPSA) is 47.6 Å². The number of hydrogen-bond donors (Lipinski definition) is 1. The Balaban J connectivity index is 2.61. The fraction of sp³-hybridized carbons (Fsp3) is 0.727. The first-order valence-corrected chi connectivity index (χ1v) is 5.31. The van der Waals surface area contributed by atoms with E-state index in [0.717, 1.165) is 43.8 Å². The monoisotopic (exact) mass is 196 g/mol. The molecular weight excluding hydrogens is 176 g/mol. The zero-order chi connectivity index (χ0) is 10.4. The number of ether oxygens (including phenoxy) is 1. The Morgan fingerprint density at radius 3 is 2.64 bits per heavy atom. The Kier molecular flexibility index (Phi) is 4.66. The Bertz CT molecular complexity index is 227. The maximum absolute atomic E-state index is 5.49. The van der Waals surface area contributed by atoms with Gasteiger partial charge in [0, 0.05) is 18.9 Å². The van der Waals surface area contributed by atoms with Gasteiger partial charge in [0.05, 0.1) is 6.04 Å². The SMILES string of the molecule is CCC(=NC1CCOCC1)/C(C)=C\N. The van der Waals surface area contributed by atoms with Gasteiger partial charge in [-0.25, -0.2) is 0 Å². The van der Waals surface area contributed by atoms with Crippen molar-refractivity contribution in [2.45, 2.75) is 39.2 Å². The molecule has 1 rings (SSSR count). The molecule has 1 aliphatic rings. The van der Waals surface area contributed by atoms with Crippen LogP contribution in [0.3, 0.4) is 0 Å². The lowest BCUT2D eigenvalue weighted by Gasteiger charge is -2.19. The molecule has 0 saturated carbocycles. The van der Waals surface area contributed by atoms with Gasteiger partial charge in [0.1, 0.15) is 0 Å². The summed E-state index contributed by atoms with van der Waals surface area (Å²) in [5.74, 6) is 0. The molecule has 0 aromatic rings. The van der Waals surface area contributed by atoms with Crippen molar-refractivity contribution >= 4 is 5.71 Å². The van der Waals surface area contributed by atoms with Crippen molar-refractivity contribution in [2.75, 3.05) is 13.2 Å². The maximum atomic E-state index is 5.49. The molecule has 1 heterocycles. The van der Waals surface area contributed by atoms with E-state index in [-0.39, 0.29) is 0 Å². The quantitative estimate of drug-likeness (QED) is 0.700. The zero-order valence-corrected chi connectivity index (χ0v) is 9.12. The molecule has 3 nitrogen and oxygen atoms in total. The molecule has 0 bridgehead atoms. The fourth-order valence-electron chi connectivity index (χ4n) is 1.60. The summed E-state index contributed by atoms with van der Waals surface area (Å²) >= 11 is 0. The third-order valence-corrected chi connectivity index (χ3v) is 2.57. The van der Waals surface area contributed by atoms with Crippen molar-refractivity contribution in [3.05, 3.63) is 11.8 Å². The normalized spacial score (nSPS) is 21.3. The van der Waals surface area contributed by atoms with Gasteiger partial charge >= 0.3 is 0 Å². The molecule has 0 atom stereocenters. The fourth-order valence-corrected chi connectivity index (χ4v) is 1.60. The zero-order valence-electron chi connectivity index (χ0n) is 9.12. The third-order valence-electron chi connectivity index (χ3n) is 2.57. The van der Waals surface area contributed by atoms with Gasteiger partial charge in [0.2, 0.25) is 0 Å². The van der Waals surface area contributed by atoms with Crippen LogP contribution < -0.4 is 5.73 Å². The van der Waals surface area contributed by atoms with Crippen LogP contribution in [0.1, 0.15) is 33.1 Å². The van der Waals surface area contributed by atoms with Crippen LogP contribution in [0.15, 0.2) is 16.8 Å². The molecule has 14 heavy (non-hydrogen) atoms. The van der Waals surface area contributed by atoms with E-state index >= 15 is 0 Å². The molecule has 1 aliphatic heterocycles. The lowest BCUT2D eigenvalue weighted by Crippen LogP contribution is -2.20. The molecular formula is C11H20N2O. The van der Waals surface area contributed by atoms with Crippen LogP contribution >= 0.6 is 0 Å². The van der Waals surface area contributed by atoms with Crippen molar-refractivity contribution in [3.63, 3.8) is 0 Å². The molecule has 2 N–H and O–H groups in total. The summed E-state index contributed by atoms with van der Waals surface area (Å²) in [6.45, 7) is 5.82. The smallest absolute Gasteiger partial charge is 0.0546 e. The highest BCUT2D eigenvalue weighted by Crippen LogP contribution is 2.13. The number of hydrogen-bond acceptors (Lipinski definition) is 3. The first-order chi connectivity index (χ1) is 6.77. The Morgan fingerprint density at radius 2 is 2.14 bits per heavy atom. The van der Waals surface area contributed by atoms with Crippen LogP contribution in [0, 0.1) is 0 Å². The van der Waals surface area contributed by atoms with E-state index in [1.165, 1.54) is 0 Å². The number of aliphatic imine (C=N–C) groups is 1. The van der Waals surface area contributed by atoms with E-state index in [9.17, 15) is 0 Å². The highest BCUT2D eigenvalue weighted by molar-refractivity contribution is 5.99. The van der Waals surface area contributed by atoms with Crippen molar-refractivity contribution in [1.29, 1.82) is 0 Å². The highest BCUT2D eigenvalue weighted by Gasteiger charge is 2.13. The van der Waals surface area contributed by atoms with Crippen LogP contribution in [-0.2, 0) is 4.74 Å². The van der Waals surface area contributed by atoms with Gasteiger partial charge < -0.3 is 10.5 Å². The first-order valence-electron chi connectivity index (χ1n) is 5.31. The second-order valence-electron chi connectivity index (χ2n) is 3.62. The minimum atomic E-state index is 0.439. The average molecular weight is 196 g/mol. The predicted octanol–water partition coefficient (Wildman–Crippen LogP) is 1.88. The molecule has 1 saturated heterocycles. The first kappa shape index (κ1) is 11.2. The largest absolute Gasteiger partial charge is 0.404 e. The summed E-state index contributed by atoms with van der Waals surface area (Å²) in [4.78, 5) is 4.71. The van der Waals surface area contributed by atoms with Crippen LogP contribution in [0.25, 0.3) is 0 Å². The molecule has 1 fully saturated rings. The molecule has 80 valence electrons. The summed E-state index contributed by atoms with van der Waals surface area (Å²) < 4.78 is 5.29. The summed E-state index contributed by atoms with van der Waals surface area (Å²) in [6, 6.07) is 0.439. The van der Waals surface area contributed by atoms with Gasteiger partial charge in [-0.1, -0.05) is 6.92 Å². The van der Waals surface area contributed by atoms with E-state index in [4.69, 9.17) is 15.5 Å². The molecule has 0 aromatic carbocycles. The third kappa shape index (κ3) is 3.14. The van der Waals surface area contributed by atoms with E-state index in [1.54, 1.807) is 6.20 Å². The summed E-state index contributed by atoms with van der Waals surface area (Å²) in [7, 11) is 0. The standard InChI is InChI=1S/C11H20N2O/c1-3-11(9(2)8-12)13-10-4-6-14-7-5-10/h8,10H,3-7,12H2,1-2H3/b9-8-,13-11?. The van der Waals surface area contributed by atoms with E-state index < -0.39 is 0 Å². The van der Waals surface area contributed by atoms with Crippen molar-refractivity contribution in [3.8, 4) is 0 Å². The van der Waals surface area contributed by atoms with Crippen molar-refractivity contribution in [2.24, 2.45) is 10.7 Å². The molecule has 3 heteroatoms. The van der Waals surface area contributed by atoms with Crippen LogP contribution in [0.4, 0.5) is 0 Å². The number of nitrogens with zero attached hydrogens (tertiary/aromatic N) is 1. The second kappa shape index (κ2) is 5.81. The van der Waals surface area contributed by atoms with Crippen LogP contribution in [0.5, 0.6) is 0 Å². The van der Waals surface area contributed by atoms with E-state index in [0.29, 0.717) is 6.04 Å². The minimum Gasteiger partial charge on any atom is -0.404 e. The Hall–Kier alpha value is -0.830. The summed E-state index contributed by atoms with van der Waals surface area (Å²) in [5.41, 5.74) is 7.72. The van der Waals surface area contributed by atoms with Gasteiger partial charge in [-0.3, -0.25) is 4.99 Å². The van der Waals surface area contributed by atoms with Gasteiger partial charge in [0.25, 0.3) is 0 Å². The molecule has 0 amide bonds. The van der Waals surface area contributed by atoms with Crippen LogP contribution in [-0.4, -0.2) is 25.0 Å². The lowest BCUT2D eigenvalue weighted by atomic mass is 10.1. The Labute approximate surface area is 86.0 Å². The van der Waals surface area contributed by atoms with Crippen molar-refractivity contribution < 1.29 is 4.74 Å². The lowest BCUT2D eigenvalue weighted by molar-refractivity contribution is 0.0871. The van der Waals surface area contributed by atoms with Gasteiger partial charge in [0.15, 0.2) is 0 Å². The maximum Gasteiger partial charge on any atom is 0.0546 e. The Morgan fingerprint density at radius 1 is 1.50 bits per heavy atom.